The molecule has 0 saturated carbocycles. The molecule has 0 atom stereocenters. The molecular formula is C32H33ClFN5O3. The Morgan fingerprint density at radius 2 is 1.90 bits per heavy atom. The molecule has 0 bridgehead atoms. The van der Waals surface area contributed by atoms with Crippen LogP contribution in [0, 0.1) is 12.7 Å². The lowest BCUT2D eigenvalue weighted by molar-refractivity contribution is 0.0566. The van der Waals surface area contributed by atoms with Crippen molar-refractivity contribution >= 4 is 45.7 Å². The molecule has 2 aliphatic heterocycles. The molecule has 8 nitrogen and oxygen atoms in total. The number of pyridine rings is 2. The van der Waals surface area contributed by atoms with Crippen LogP contribution in [0.15, 0.2) is 42.7 Å². The minimum Gasteiger partial charge on any atom is -0.474 e. The molecule has 1 amide bonds. The summed E-state index contributed by atoms with van der Waals surface area (Å²) < 4.78 is 27.2. The molecule has 2 aliphatic rings. The highest BCUT2D eigenvalue weighted by atomic mass is 35.5. The number of carbonyl (C=O) groups is 1. The lowest BCUT2D eigenvalue weighted by Crippen LogP contribution is -2.42. The number of ether oxygens (including phenoxy) is 2. The van der Waals surface area contributed by atoms with Gasteiger partial charge >= 0.3 is 6.09 Å². The zero-order valence-corrected chi connectivity index (χ0v) is 25.1. The lowest BCUT2D eigenvalue weighted by atomic mass is 9.97. The van der Waals surface area contributed by atoms with Crippen LogP contribution in [0.5, 0.6) is 5.88 Å². The first-order valence-corrected chi connectivity index (χ1v) is 14.3. The van der Waals surface area contributed by atoms with Gasteiger partial charge in [-0.3, -0.25) is 4.90 Å². The molecule has 4 heterocycles. The Balaban J connectivity index is 1.38. The van der Waals surface area contributed by atoms with Gasteiger partial charge in [0.1, 0.15) is 29.5 Å². The second kappa shape index (κ2) is 10.7. The molecule has 2 aromatic heterocycles. The summed E-state index contributed by atoms with van der Waals surface area (Å²) in [4.78, 5) is 25.8. The molecular weight excluding hydrogens is 557 g/mol. The number of anilines is 3. The van der Waals surface area contributed by atoms with Crippen molar-refractivity contribution in [3.8, 4) is 17.0 Å². The van der Waals surface area contributed by atoms with Crippen molar-refractivity contribution in [1.82, 2.24) is 14.9 Å². The first-order chi connectivity index (χ1) is 20.0. The van der Waals surface area contributed by atoms with Gasteiger partial charge in [0.15, 0.2) is 0 Å². The highest BCUT2D eigenvalue weighted by Gasteiger charge is 2.32. The zero-order valence-electron chi connectivity index (χ0n) is 24.3. The van der Waals surface area contributed by atoms with E-state index in [4.69, 9.17) is 21.1 Å². The summed E-state index contributed by atoms with van der Waals surface area (Å²) in [7, 11) is 2.12. The minimum atomic E-state index is -0.679. The normalized spacial score (nSPS) is 15.2. The molecule has 0 aliphatic carbocycles. The fraction of sp³-hybridized carbons (Fsp3) is 0.344. The molecule has 0 radical (unpaired) electrons. The lowest BCUT2D eigenvalue weighted by Gasteiger charge is -2.32. The van der Waals surface area contributed by atoms with E-state index >= 15 is 4.39 Å². The van der Waals surface area contributed by atoms with Crippen molar-refractivity contribution in [3.05, 3.63) is 70.3 Å². The van der Waals surface area contributed by atoms with E-state index in [1.807, 2.05) is 33.8 Å². The molecule has 1 N–H and O–H groups in total. The second-order valence-corrected chi connectivity index (χ2v) is 12.2. The minimum absolute atomic E-state index is 0.0317. The van der Waals surface area contributed by atoms with Crippen LogP contribution in [0.1, 0.15) is 37.5 Å². The molecule has 42 heavy (non-hydrogen) atoms. The van der Waals surface area contributed by atoms with E-state index in [0.717, 1.165) is 25.2 Å². The molecule has 6 rings (SSSR count). The van der Waals surface area contributed by atoms with E-state index < -0.39 is 17.5 Å². The third-order valence-corrected chi connectivity index (χ3v) is 7.95. The highest BCUT2D eigenvalue weighted by molar-refractivity contribution is 6.36. The maximum Gasteiger partial charge on any atom is 0.415 e. The zero-order chi connectivity index (χ0) is 29.8. The topological polar surface area (TPSA) is 79.8 Å². The molecule has 0 unspecified atom stereocenters. The average molecular weight is 590 g/mol. The van der Waals surface area contributed by atoms with Crippen LogP contribution in [-0.2, 0) is 17.7 Å². The van der Waals surface area contributed by atoms with E-state index in [2.05, 4.69) is 45.4 Å². The van der Waals surface area contributed by atoms with Gasteiger partial charge in [-0.2, -0.15) is 0 Å². The number of nitrogens with zero attached hydrogens (tertiary/aromatic N) is 4. The standard InChI is InChI=1S/C32H33ClFN5O3/c1-18-24(15-36-30-29(18)39(10-11-41-30)31(40)42-32(2,3)4)23-13-20-14-26(35-16-25(20)27(33)28(23)34)37-22-7-6-19-8-9-38(5)17-21(19)12-22/h6-7,12-16H,8-11,17H2,1-5H3,(H,35,37). The molecule has 218 valence electrons. The van der Waals surface area contributed by atoms with Gasteiger partial charge in [0, 0.05) is 47.7 Å². The summed E-state index contributed by atoms with van der Waals surface area (Å²) in [6, 6.07) is 9.96. The number of likely N-dealkylation sites (N-methyl/N-ethyl adjacent to an activating group) is 1. The Morgan fingerprint density at radius 3 is 2.69 bits per heavy atom. The van der Waals surface area contributed by atoms with Crippen molar-refractivity contribution < 1.29 is 18.7 Å². The number of halogens is 2. The van der Waals surface area contributed by atoms with Crippen molar-refractivity contribution in [2.24, 2.45) is 0 Å². The third kappa shape index (κ3) is 5.34. The Labute approximate surface area is 249 Å². The quantitative estimate of drug-likeness (QED) is 0.269. The largest absolute Gasteiger partial charge is 0.474 e. The molecule has 2 aromatic carbocycles. The number of hydrogen-bond acceptors (Lipinski definition) is 7. The van der Waals surface area contributed by atoms with Crippen LogP contribution in [-0.4, -0.2) is 53.3 Å². The van der Waals surface area contributed by atoms with E-state index in [1.165, 1.54) is 16.0 Å². The monoisotopic (exact) mass is 589 g/mol. The number of amides is 1. The van der Waals surface area contributed by atoms with Crippen LogP contribution in [0.4, 0.5) is 26.4 Å². The number of fused-ring (bicyclic) bond motifs is 3. The third-order valence-electron chi connectivity index (χ3n) is 7.58. The summed E-state index contributed by atoms with van der Waals surface area (Å²) in [5.74, 6) is 0.327. The van der Waals surface area contributed by atoms with Gasteiger partial charge in [-0.25, -0.2) is 19.2 Å². The summed E-state index contributed by atoms with van der Waals surface area (Å²) in [6.07, 6.45) is 3.65. The Bertz CT molecular complexity index is 1720. The van der Waals surface area contributed by atoms with Crippen molar-refractivity contribution in [3.63, 3.8) is 0 Å². The van der Waals surface area contributed by atoms with E-state index in [1.54, 1.807) is 18.5 Å². The number of rotatable bonds is 3. The van der Waals surface area contributed by atoms with E-state index in [-0.39, 0.29) is 23.7 Å². The fourth-order valence-electron chi connectivity index (χ4n) is 5.53. The first kappa shape index (κ1) is 28.2. The van der Waals surface area contributed by atoms with E-state index in [9.17, 15) is 4.79 Å². The number of carbonyl (C=O) groups excluding carboxylic acids is 1. The molecule has 0 saturated heterocycles. The second-order valence-electron chi connectivity index (χ2n) is 11.9. The van der Waals surface area contributed by atoms with Gasteiger partial charge in [-0.05, 0) is 87.5 Å². The molecule has 4 aromatic rings. The van der Waals surface area contributed by atoms with E-state index in [0.29, 0.717) is 39.3 Å². The maximum absolute atomic E-state index is 15.8. The van der Waals surface area contributed by atoms with Crippen LogP contribution in [0.2, 0.25) is 5.02 Å². The Hall–Kier alpha value is -3.95. The van der Waals surface area contributed by atoms with Crippen LogP contribution in [0.25, 0.3) is 21.9 Å². The fourth-order valence-corrected chi connectivity index (χ4v) is 5.79. The van der Waals surface area contributed by atoms with Gasteiger partial charge in [0.05, 0.1) is 11.6 Å². The van der Waals surface area contributed by atoms with Gasteiger partial charge in [0.25, 0.3) is 0 Å². The Kier molecular flexibility index (Phi) is 7.19. The van der Waals surface area contributed by atoms with Crippen molar-refractivity contribution in [2.45, 2.75) is 46.3 Å². The average Bonchev–Trinajstić information content (AvgIpc) is 2.94. The number of nitrogens with one attached hydrogen (secondary N) is 1. The van der Waals surface area contributed by atoms with Gasteiger partial charge < -0.3 is 19.7 Å². The van der Waals surface area contributed by atoms with Gasteiger partial charge in [-0.1, -0.05) is 17.7 Å². The van der Waals surface area contributed by atoms with Crippen LogP contribution in [0.3, 0.4) is 0 Å². The van der Waals surface area contributed by atoms with Gasteiger partial charge in [0.2, 0.25) is 5.88 Å². The smallest absolute Gasteiger partial charge is 0.415 e. The SMILES string of the molecule is Cc1c(-c2cc3cc(Nc4ccc5c(c4)CN(C)CC5)ncc3c(Cl)c2F)cnc2c1N(C(=O)OC(C)(C)C)CCO2. The summed E-state index contributed by atoms with van der Waals surface area (Å²) in [6.45, 7) is 9.75. The van der Waals surface area contributed by atoms with Gasteiger partial charge in [-0.15, -0.1) is 0 Å². The summed E-state index contributed by atoms with van der Waals surface area (Å²) in [5, 5.41) is 4.57. The maximum atomic E-state index is 15.8. The molecule has 0 fully saturated rings. The number of benzene rings is 2. The van der Waals surface area contributed by atoms with Crippen molar-refractivity contribution in [1.29, 1.82) is 0 Å². The predicted molar refractivity (Wildman–Crippen MR) is 164 cm³/mol. The van der Waals surface area contributed by atoms with Crippen LogP contribution >= 0.6 is 11.6 Å². The van der Waals surface area contributed by atoms with Crippen LogP contribution < -0.4 is 15.0 Å². The number of hydrogen-bond donors (Lipinski definition) is 1. The highest BCUT2D eigenvalue weighted by Crippen LogP contribution is 2.42. The summed E-state index contributed by atoms with van der Waals surface area (Å²) >= 11 is 6.56. The predicted octanol–water partition coefficient (Wildman–Crippen LogP) is 7.26. The summed E-state index contributed by atoms with van der Waals surface area (Å²) in [5.41, 5.74) is 4.76. The molecule has 0 spiro atoms. The Morgan fingerprint density at radius 1 is 1.10 bits per heavy atom. The number of aromatic nitrogens is 2. The van der Waals surface area contributed by atoms with Crippen molar-refractivity contribution in [2.75, 3.05) is 37.0 Å². The molecule has 10 heteroatoms. The first-order valence-electron chi connectivity index (χ1n) is 14.0.